The van der Waals surface area contributed by atoms with Crippen LogP contribution in [0.1, 0.15) is 67.2 Å². The van der Waals surface area contributed by atoms with Crippen LogP contribution in [0.5, 0.6) is 0 Å². The van der Waals surface area contributed by atoms with Gasteiger partial charge in [0, 0.05) is 11.0 Å². The highest BCUT2D eigenvalue weighted by Gasteiger charge is 2.31. The number of carbonyl (C=O) groups is 1. The van der Waals surface area contributed by atoms with Gasteiger partial charge in [0.15, 0.2) is 5.78 Å². The molecule has 0 aliphatic heterocycles. The first-order valence-corrected chi connectivity index (χ1v) is 7.10. The van der Waals surface area contributed by atoms with Crippen molar-refractivity contribution in [3.8, 4) is 0 Å². The Bertz CT molecular complexity index is 248. The van der Waals surface area contributed by atoms with Crippen molar-refractivity contribution in [3.63, 3.8) is 0 Å². The summed E-state index contributed by atoms with van der Waals surface area (Å²) in [7, 11) is 0. The Hall–Kier alpha value is -0.410. The summed E-state index contributed by atoms with van der Waals surface area (Å²) in [4.78, 5) is 12.4. The lowest BCUT2D eigenvalue weighted by Crippen LogP contribution is -2.50. The molecule has 0 fully saturated rings. The zero-order valence-electron chi connectivity index (χ0n) is 13.1. The standard InChI is InChI=1S/C15H32N2O/c1-14(2,3)13(18)12(17-15(4,5)6)10-8-7-9-11-16/h12,17H,7-11,16H2,1-6H3. The van der Waals surface area contributed by atoms with E-state index in [9.17, 15) is 4.79 Å². The molecule has 0 bridgehead atoms. The lowest BCUT2D eigenvalue weighted by molar-refractivity contribution is -0.129. The molecule has 0 amide bonds. The van der Waals surface area contributed by atoms with Crippen molar-refractivity contribution in [2.45, 2.75) is 78.8 Å². The van der Waals surface area contributed by atoms with E-state index in [0.717, 1.165) is 32.2 Å². The number of carbonyl (C=O) groups excluding carboxylic acids is 1. The molecule has 0 spiro atoms. The molecule has 0 aliphatic carbocycles. The van der Waals surface area contributed by atoms with E-state index in [4.69, 9.17) is 5.73 Å². The molecule has 0 saturated carbocycles. The summed E-state index contributed by atoms with van der Waals surface area (Å²) in [6.07, 6.45) is 4.13. The average molecular weight is 256 g/mol. The molecule has 0 radical (unpaired) electrons. The summed E-state index contributed by atoms with van der Waals surface area (Å²) in [6, 6.07) is -0.0391. The molecule has 1 atom stereocenters. The number of ketones is 1. The van der Waals surface area contributed by atoms with Crippen LogP contribution in [0.25, 0.3) is 0 Å². The second-order valence-electron chi connectivity index (χ2n) is 7.20. The fourth-order valence-electron chi connectivity index (χ4n) is 1.98. The van der Waals surface area contributed by atoms with Gasteiger partial charge in [-0.15, -0.1) is 0 Å². The van der Waals surface area contributed by atoms with Crippen molar-refractivity contribution in [2.24, 2.45) is 11.1 Å². The lowest BCUT2D eigenvalue weighted by atomic mass is 9.83. The van der Waals surface area contributed by atoms with Gasteiger partial charge in [0.1, 0.15) is 0 Å². The van der Waals surface area contributed by atoms with Crippen LogP contribution in [-0.4, -0.2) is 23.9 Å². The van der Waals surface area contributed by atoms with Crippen LogP contribution >= 0.6 is 0 Å². The van der Waals surface area contributed by atoms with Gasteiger partial charge < -0.3 is 11.1 Å². The van der Waals surface area contributed by atoms with Gasteiger partial charge in [-0.3, -0.25) is 4.79 Å². The Morgan fingerprint density at radius 2 is 1.61 bits per heavy atom. The van der Waals surface area contributed by atoms with Crippen LogP contribution in [0.15, 0.2) is 0 Å². The van der Waals surface area contributed by atoms with E-state index in [2.05, 4.69) is 26.1 Å². The highest BCUT2D eigenvalue weighted by atomic mass is 16.1. The summed E-state index contributed by atoms with van der Waals surface area (Å²) in [5.74, 6) is 0.310. The molecular weight excluding hydrogens is 224 g/mol. The van der Waals surface area contributed by atoms with E-state index in [1.165, 1.54) is 0 Å². The second kappa shape index (κ2) is 7.25. The summed E-state index contributed by atoms with van der Waals surface area (Å²) in [6.45, 7) is 13.0. The summed E-state index contributed by atoms with van der Waals surface area (Å²) in [5, 5.41) is 3.46. The highest BCUT2D eigenvalue weighted by Crippen LogP contribution is 2.21. The van der Waals surface area contributed by atoms with Crippen LogP contribution in [0.2, 0.25) is 0 Å². The lowest BCUT2D eigenvalue weighted by Gasteiger charge is -2.31. The van der Waals surface area contributed by atoms with Gasteiger partial charge in [-0.05, 0) is 40.2 Å². The van der Waals surface area contributed by atoms with Gasteiger partial charge in [-0.25, -0.2) is 0 Å². The predicted octanol–water partition coefficient (Wildman–Crippen LogP) is 2.88. The normalized spacial score (nSPS) is 14.6. The monoisotopic (exact) mass is 256 g/mol. The largest absolute Gasteiger partial charge is 0.330 e. The number of Topliss-reactive ketones (excluding diaryl/α,β-unsaturated/α-hetero) is 1. The van der Waals surface area contributed by atoms with Gasteiger partial charge in [0.05, 0.1) is 6.04 Å². The minimum absolute atomic E-state index is 0.0283. The summed E-state index contributed by atoms with van der Waals surface area (Å²) >= 11 is 0. The van der Waals surface area contributed by atoms with Gasteiger partial charge in [-0.1, -0.05) is 33.6 Å². The van der Waals surface area contributed by atoms with Gasteiger partial charge in [-0.2, -0.15) is 0 Å². The van der Waals surface area contributed by atoms with Crippen molar-refractivity contribution >= 4 is 5.78 Å². The SMILES string of the molecule is CC(C)(C)NC(CCCCCN)C(=O)C(C)(C)C. The van der Waals surface area contributed by atoms with Crippen molar-refractivity contribution in [3.05, 3.63) is 0 Å². The molecule has 108 valence electrons. The Morgan fingerprint density at radius 3 is 2.00 bits per heavy atom. The van der Waals surface area contributed by atoms with Gasteiger partial charge >= 0.3 is 0 Å². The minimum Gasteiger partial charge on any atom is -0.330 e. The number of nitrogens with two attached hydrogens (primary N) is 1. The third kappa shape index (κ3) is 7.83. The summed E-state index contributed by atoms with van der Waals surface area (Å²) in [5.41, 5.74) is 5.18. The van der Waals surface area contributed by atoms with Crippen LogP contribution < -0.4 is 11.1 Å². The van der Waals surface area contributed by atoms with E-state index in [1.807, 2.05) is 20.8 Å². The van der Waals surface area contributed by atoms with Crippen molar-refractivity contribution < 1.29 is 4.79 Å². The van der Waals surface area contributed by atoms with Gasteiger partial charge in [0.25, 0.3) is 0 Å². The molecule has 0 aromatic rings. The van der Waals surface area contributed by atoms with Gasteiger partial charge in [0.2, 0.25) is 0 Å². The van der Waals surface area contributed by atoms with E-state index >= 15 is 0 Å². The molecule has 0 aromatic carbocycles. The molecule has 3 N–H and O–H groups in total. The average Bonchev–Trinajstić information content (AvgIpc) is 2.18. The first-order chi connectivity index (χ1) is 8.08. The Kier molecular flexibility index (Phi) is 7.08. The molecule has 3 nitrogen and oxygen atoms in total. The summed E-state index contributed by atoms with van der Waals surface area (Å²) < 4.78 is 0. The highest BCUT2D eigenvalue weighted by molar-refractivity contribution is 5.88. The quantitative estimate of drug-likeness (QED) is 0.689. The maximum atomic E-state index is 12.4. The minimum atomic E-state index is -0.281. The maximum Gasteiger partial charge on any atom is 0.155 e. The predicted molar refractivity (Wildman–Crippen MR) is 78.7 cm³/mol. The third-order valence-electron chi connectivity index (χ3n) is 2.86. The smallest absolute Gasteiger partial charge is 0.155 e. The first kappa shape index (κ1) is 17.6. The molecule has 18 heavy (non-hydrogen) atoms. The van der Waals surface area contributed by atoms with E-state index < -0.39 is 0 Å². The van der Waals surface area contributed by atoms with Crippen LogP contribution in [-0.2, 0) is 4.79 Å². The van der Waals surface area contributed by atoms with E-state index in [-0.39, 0.29) is 17.0 Å². The Labute approximate surface area is 113 Å². The fraction of sp³-hybridized carbons (Fsp3) is 0.933. The van der Waals surface area contributed by atoms with E-state index in [0.29, 0.717) is 5.78 Å². The van der Waals surface area contributed by atoms with Crippen molar-refractivity contribution in [1.29, 1.82) is 0 Å². The number of hydrogen-bond donors (Lipinski definition) is 2. The fourth-order valence-corrected chi connectivity index (χ4v) is 1.98. The van der Waals surface area contributed by atoms with Crippen LogP contribution in [0.3, 0.4) is 0 Å². The molecule has 0 heterocycles. The molecule has 1 unspecified atom stereocenters. The number of rotatable bonds is 7. The molecular formula is C15H32N2O. The van der Waals surface area contributed by atoms with E-state index in [1.54, 1.807) is 0 Å². The molecule has 0 saturated heterocycles. The third-order valence-corrected chi connectivity index (χ3v) is 2.86. The second-order valence-corrected chi connectivity index (χ2v) is 7.20. The first-order valence-electron chi connectivity index (χ1n) is 7.10. The molecule has 0 aliphatic rings. The Balaban J connectivity index is 4.49. The topological polar surface area (TPSA) is 55.1 Å². The number of unbranched alkanes of at least 4 members (excludes halogenated alkanes) is 2. The van der Waals surface area contributed by atoms with Crippen LogP contribution in [0, 0.1) is 5.41 Å². The number of hydrogen-bond acceptors (Lipinski definition) is 3. The van der Waals surface area contributed by atoms with Crippen molar-refractivity contribution in [2.75, 3.05) is 6.54 Å². The molecule has 0 aromatic heterocycles. The van der Waals surface area contributed by atoms with Crippen molar-refractivity contribution in [1.82, 2.24) is 5.32 Å². The molecule has 0 rings (SSSR count). The van der Waals surface area contributed by atoms with Crippen LogP contribution in [0.4, 0.5) is 0 Å². The maximum absolute atomic E-state index is 12.4. The molecule has 3 heteroatoms. The Morgan fingerprint density at radius 1 is 1.06 bits per heavy atom. The number of nitrogens with one attached hydrogen (secondary N) is 1. The zero-order valence-corrected chi connectivity index (χ0v) is 13.1. The zero-order chi connectivity index (χ0) is 14.4.